The molecule has 3 atom stereocenters. The Balaban J connectivity index is 1.63. The molecular formula is C18H25N5O4S2. The maximum atomic E-state index is 13.2. The van der Waals surface area contributed by atoms with Crippen molar-refractivity contribution in [1.82, 2.24) is 24.7 Å². The second-order valence-electron chi connectivity index (χ2n) is 7.99. The molecule has 2 aliphatic rings. The summed E-state index contributed by atoms with van der Waals surface area (Å²) in [6, 6.07) is -0.207. The fourth-order valence-electron chi connectivity index (χ4n) is 4.66. The molecule has 158 valence electrons. The summed E-state index contributed by atoms with van der Waals surface area (Å²) < 4.78 is 32.5. The van der Waals surface area contributed by atoms with Crippen LogP contribution in [0.2, 0.25) is 0 Å². The van der Waals surface area contributed by atoms with Crippen molar-refractivity contribution >= 4 is 27.3 Å². The van der Waals surface area contributed by atoms with Crippen LogP contribution in [-0.2, 0) is 15.4 Å². The Hall–Kier alpha value is -1.85. The molecule has 2 aromatic heterocycles. The lowest BCUT2D eigenvalue weighted by atomic mass is 9.80. The number of nitrogens with zero attached hydrogens (tertiary/aromatic N) is 4. The predicted molar refractivity (Wildman–Crippen MR) is 107 cm³/mol. The van der Waals surface area contributed by atoms with Gasteiger partial charge in [0.05, 0.1) is 21.9 Å². The van der Waals surface area contributed by atoms with Crippen LogP contribution in [0.3, 0.4) is 0 Å². The van der Waals surface area contributed by atoms with Crippen molar-refractivity contribution in [2.75, 3.05) is 18.8 Å². The molecule has 1 amide bonds. The quantitative estimate of drug-likeness (QED) is 0.751. The highest BCUT2D eigenvalue weighted by Gasteiger charge is 2.58. The van der Waals surface area contributed by atoms with Gasteiger partial charge >= 0.3 is 0 Å². The van der Waals surface area contributed by atoms with Gasteiger partial charge in [-0.2, -0.15) is 4.98 Å². The van der Waals surface area contributed by atoms with Gasteiger partial charge in [0.1, 0.15) is 4.88 Å². The van der Waals surface area contributed by atoms with Crippen LogP contribution in [0.25, 0.3) is 0 Å². The van der Waals surface area contributed by atoms with Crippen LogP contribution in [0.5, 0.6) is 0 Å². The van der Waals surface area contributed by atoms with Gasteiger partial charge in [-0.25, -0.2) is 18.1 Å². The van der Waals surface area contributed by atoms with Gasteiger partial charge in [-0.3, -0.25) is 4.79 Å². The van der Waals surface area contributed by atoms with Crippen LogP contribution in [0.15, 0.2) is 4.52 Å². The van der Waals surface area contributed by atoms with E-state index in [2.05, 4.69) is 19.8 Å². The van der Waals surface area contributed by atoms with E-state index in [0.29, 0.717) is 42.5 Å². The fraction of sp³-hybridized carbons (Fsp3) is 0.667. The first-order valence-corrected chi connectivity index (χ1v) is 12.1. The van der Waals surface area contributed by atoms with Crippen LogP contribution >= 0.6 is 11.3 Å². The van der Waals surface area contributed by atoms with Gasteiger partial charge < -0.3 is 9.42 Å². The summed E-state index contributed by atoms with van der Waals surface area (Å²) in [6.07, 6.45) is 1.16. The summed E-state index contributed by atoms with van der Waals surface area (Å²) in [4.78, 5) is 24.5. The lowest BCUT2D eigenvalue weighted by Gasteiger charge is -2.25. The summed E-state index contributed by atoms with van der Waals surface area (Å²) in [5, 5.41) is 4.80. The largest absolute Gasteiger partial charge is 0.339 e. The van der Waals surface area contributed by atoms with E-state index in [-0.39, 0.29) is 23.6 Å². The zero-order valence-corrected chi connectivity index (χ0v) is 18.6. The Bertz CT molecular complexity index is 1050. The van der Waals surface area contributed by atoms with E-state index in [1.54, 1.807) is 13.8 Å². The van der Waals surface area contributed by atoms with Crippen LogP contribution < -0.4 is 4.72 Å². The number of hydrogen-bond acceptors (Lipinski definition) is 8. The van der Waals surface area contributed by atoms with Gasteiger partial charge in [-0.05, 0) is 46.5 Å². The first-order valence-electron chi connectivity index (χ1n) is 9.67. The summed E-state index contributed by atoms with van der Waals surface area (Å²) in [7, 11) is -3.32. The van der Waals surface area contributed by atoms with Crippen LogP contribution in [0, 0.1) is 26.7 Å². The first-order chi connectivity index (χ1) is 13.6. The van der Waals surface area contributed by atoms with Gasteiger partial charge in [-0.15, -0.1) is 11.3 Å². The molecule has 11 heteroatoms. The summed E-state index contributed by atoms with van der Waals surface area (Å²) in [5.74, 6) is 1.07. The SMILES string of the molecule is CCS(=O)(=O)NC1CC2CN(C(=O)c3sc(C)nc3C)CC2(c2nc(C)no2)C1. The highest BCUT2D eigenvalue weighted by Crippen LogP contribution is 2.50. The van der Waals surface area contributed by atoms with E-state index in [1.807, 2.05) is 18.7 Å². The number of amides is 1. The maximum Gasteiger partial charge on any atom is 0.265 e. The molecule has 3 heterocycles. The standard InChI is InChI=1S/C18H25N5O4S2/c1-5-29(25,26)22-14-6-13-8-23(16(24)15-10(2)19-12(4)28-15)9-18(13,7-14)17-20-11(3)21-27-17/h13-14,22H,5-9H2,1-4H3. The number of rotatable bonds is 5. The number of thiazole rings is 1. The number of carbonyl (C=O) groups excluding carboxylic acids is 1. The molecule has 2 fully saturated rings. The number of likely N-dealkylation sites (tertiary alicyclic amines) is 1. The second-order valence-corrected chi connectivity index (χ2v) is 11.2. The average molecular weight is 440 g/mol. The van der Waals surface area contributed by atoms with Crippen LogP contribution in [0.1, 0.15) is 51.9 Å². The van der Waals surface area contributed by atoms with Crippen molar-refractivity contribution in [2.24, 2.45) is 5.92 Å². The first kappa shape index (κ1) is 20.4. The highest BCUT2D eigenvalue weighted by atomic mass is 32.2. The molecule has 1 N–H and O–H groups in total. The molecule has 1 aliphatic heterocycles. The number of aromatic nitrogens is 3. The molecule has 29 heavy (non-hydrogen) atoms. The number of carbonyl (C=O) groups is 1. The van der Waals surface area contributed by atoms with Crippen molar-refractivity contribution in [1.29, 1.82) is 0 Å². The van der Waals surface area contributed by atoms with Crippen LogP contribution in [-0.4, -0.2) is 59.2 Å². The number of aryl methyl sites for hydroxylation is 3. The van der Waals surface area contributed by atoms with E-state index in [4.69, 9.17) is 4.52 Å². The molecule has 0 aromatic carbocycles. The molecule has 9 nitrogen and oxygen atoms in total. The molecule has 0 radical (unpaired) electrons. The third-order valence-corrected chi connectivity index (χ3v) is 8.45. The molecule has 2 aromatic rings. The minimum Gasteiger partial charge on any atom is -0.339 e. The molecule has 4 rings (SSSR count). The molecule has 3 unspecified atom stereocenters. The van der Waals surface area contributed by atoms with E-state index >= 15 is 0 Å². The average Bonchev–Trinajstić information content (AvgIpc) is 3.37. The van der Waals surface area contributed by atoms with Crippen LogP contribution in [0.4, 0.5) is 0 Å². The Kier molecular flexibility index (Phi) is 5.02. The third kappa shape index (κ3) is 3.59. The second kappa shape index (κ2) is 7.13. The zero-order valence-electron chi connectivity index (χ0n) is 16.9. The number of nitrogens with one attached hydrogen (secondary N) is 1. The Morgan fingerprint density at radius 2 is 2.10 bits per heavy atom. The van der Waals surface area contributed by atoms with Gasteiger partial charge in [0.2, 0.25) is 15.9 Å². The topological polar surface area (TPSA) is 118 Å². The van der Waals surface area contributed by atoms with Gasteiger partial charge in [0.25, 0.3) is 5.91 Å². The van der Waals surface area contributed by atoms with E-state index < -0.39 is 15.4 Å². The highest BCUT2D eigenvalue weighted by molar-refractivity contribution is 7.89. The van der Waals surface area contributed by atoms with Crippen molar-refractivity contribution < 1.29 is 17.7 Å². The smallest absolute Gasteiger partial charge is 0.265 e. The van der Waals surface area contributed by atoms with Crippen molar-refractivity contribution in [2.45, 2.75) is 52.0 Å². The predicted octanol–water partition coefficient (Wildman–Crippen LogP) is 1.56. The van der Waals surface area contributed by atoms with Crippen molar-refractivity contribution in [3.63, 3.8) is 0 Å². The summed E-state index contributed by atoms with van der Waals surface area (Å²) in [5.41, 5.74) is 0.205. The van der Waals surface area contributed by atoms with E-state index in [1.165, 1.54) is 11.3 Å². The molecular weight excluding hydrogens is 414 g/mol. The van der Waals surface area contributed by atoms with Gasteiger partial charge in [0, 0.05) is 19.1 Å². The number of sulfonamides is 1. The van der Waals surface area contributed by atoms with E-state index in [9.17, 15) is 13.2 Å². The minimum absolute atomic E-state index is 0.0372. The van der Waals surface area contributed by atoms with Crippen molar-refractivity contribution in [3.8, 4) is 0 Å². The third-order valence-electron chi connectivity index (χ3n) is 5.94. The number of fused-ring (bicyclic) bond motifs is 1. The van der Waals surface area contributed by atoms with Gasteiger partial charge in [-0.1, -0.05) is 5.16 Å². The molecule has 0 spiro atoms. The fourth-order valence-corrected chi connectivity index (χ4v) is 6.40. The minimum atomic E-state index is -3.32. The molecule has 0 bridgehead atoms. The maximum absolute atomic E-state index is 13.2. The van der Waals surface area contributed by atoms with Gasteiger partial charge in [0.15, 0.2) is 5.82 Å². The Morgan fingerprint density at radius 1 is 1.34 bits per heavy atom. The molecule has 1 saturated carbocycles. The normalized spacial score (nSPS) is 26.8. The zero-order chi connectivity index (χ0) is 21.0. The molecule has 1 aliphatic carbocycles. The lowest BCUT2D eigenvalue weighted by Crippen LogP contribution is -2.39. The summed E-state index contributed by atoms with van der Waals surface area (Å²) >= 11 is 1.40. The Labute approximate surface area is 173 Å². The lowest BCUT2D eigenvalue weighted by molar-refractivity contribution is 0.0777. The van der Waals surface area contributed by atoms with E-state index in [0.717, 1.165) is 10.7 Å². The van der Waals surface area contributed by atoms with Crippen molar-refractivity contribution in [3.05, 3.63) is 27.3 Å². The summed E-state index contributed by atoms with van der Waals surface area (Å²) in [6.45, 7) is 8.07. The Morgan fingerprint density at radius 3 is 2.69 bits per heavy atom. The monoisotopic (exact) mass is 439 g/mol. The number of hydrogen-bond donors (Lipinski definition) is 1. The molecule has 1 saturated heterocycles.